The Labute approximate surface area is 114 Å². The van der Waals surface area contributed by atoms with E-state index in [1.54, 1.807) is 0 Å². The van der Waals surface area contributed by atoms with Crippen molar-refractivity contribution in [3.8, 4) is 11.5 Å². The van der Waals surface area contributed by atoms with E-state index in [1.807, 2.05) is 18.2 Å². The molecule has 0 aliphatic carbocycles. The first-order chi connectivity index (χ1) is 9.24. The van der Waals surface area contributed by atoms with Crippen LogP contribution in [0.4, 0.5) is 0 Å². The van der Waals surface area contributed by atoms with Gasteiger partial charge in [-0.05, 0) is 18.9 Å². The van der Waals surface area contributed by atoms with Gasteiger partial charge in [-0.3, -0.25) is 0 Å². The van der Waals surface area contributed by atoms with E-state index in [9.17, 15) is 5.11 Å². The number of aliphatic hydroxyl groups is 1. The molecule has 0 aromatic heterocycles. The molecule has 0 saturated heterocycles. The zero-order valence-corrected chi connectivity index (χ0v) is 11.7. The number of benzene rings is 1. The number of fused-ring (bicyclic) bond motifs is 1. The lowest BCUT2D eigenvalue weighted by atomic mass is 9.83. The molecule has 2 rings (SSSR count). The van der Waals surface area contributed by atoms with Crippen LogP contribution in [0.25, 0.3) is 0 Å². The Balaban J connectivity index is 1.95. The molecule has 1 aromatic rings. The third-order valence-corrected chi connectivity index (χ3v) is 4.13. The van der Waals surface area contributed by atoms with E-state index in [0.717, 1.165) is 43.0 Å². The third-order valence-electron chi connectivity index (χ3n) is 4.13. The predicted molar refractivity (Wildman–Crippen MR) is 74.4 cm³/mol. The van der Waals surface area contributed by atoms with E-state index in [4.69, 9.17) is 9.47 Å². The van der Waals surface area contributed by atoms with Crippen LogP contribution < -0.4 is 14.8 Å². The van der Waals surface area contributed by atoms with Crippen molar-refractivity contribution in [3.63, 3.8) is 0 Å². The summed E-state index contributed by atoms with van der Waals surface area (Å²) < 4.78 is 10.8. The smallest absolute Gasteiger partial charge is 0.231 e. The maximum Gasteiger partial charge on any atom is 0.231 e. The van der Waals surface area contributed by atoms with Gasteiger partial charge in [-0.15, -0.1) is 0 Å². The molecular weight excluding hydrogens is 242 g/mol. The van der Waals surface area contributed by atoms with Gasteiger partial charge in [0.15, 0.2) is 11.5 Å². The van der Waals surface area contributed by atoms with E-state index in [0.29, 0.717) is 6.79 Å². The molecule has 0 atom stereocenters. The van der Waals surface area contributed by atoms with E-state index < -0.39 is 0 Å². The molecule has 106 valence electrons. The van der Waals surface area contributed by atoms with Gasteiger partial charge in [0.05, 0.1) is 0 Å². The Morgan fingerprint density at radius 3 is 2.74 bits per heavy atom. The summed E-state index contributed by atoms with van der Waals surface area (Å²) in [5.74, 6) is 1.66. The second kappa shape index (κ2) is 6.26. The molecule has 4 heteroatoms. The first-order valence-corrected chi connectivity index (χ1v) is 6.93. The minimum atomic E-state index is -0.0185. The van der Waals surface area contributed by atoms with Crippen LogP contribution in [0.15, 0.2) is 18.2 Å². The molecule has 1 heterocycles. The Morgan fingerprint density at radius 2 is 2.05 bits per heavy atom. The summed E-state index contributed by atoms with van der Waals surface area (Å²) in [6.45, 7) is 6.31. The van der Waals surface area contributed by atoms with Crippen molar-refractivity contribution < 1.29 is 14.6 Å². The molecule has 0 saturated carbocycles. The quantitative estimate of drug-likeness (QED) is 0.794. The Bertz CT molecular complexity index is 408. The normalized spacial score (nSPS) is 13.8. The number of para-hydroxylation sites is 1. The van der Waals surface area contributed by atoms with Crippen LogP contribution in [0.5, 0.6) is 11.5 Å². The molecule has 2 N–H and O–H groups in total. The molecule has 0 amide bonds. The van der Waals surface area contributed by atoms with Crippen LogP contribution in [0.1, 0.15) is 32.3 Å². The maximum atomic E-state index is 9.54. The number of aliphatic hydroxyl groups excluding tert-OH is 1. The van der Waals surface area contributed by atoms with Gasteiger partial charge in [0.1, 0.15) is 0 Å². The van der Waals surface area contributed by atoms with Gasteiger partial charge < -0.3 is 19.9 Å². The molecule has 4 nitrogen and oxygen atoms in total. The van der Waals surface area contributed by atoms with Crippen LogP contribution in [0.2, 0.25) is 0 Å². The van der Waals surface area contributed by atoms with Crippen molar-refractivity contribution in [1.29, 1.82) is 0 Å². The summed E-state index contributed by atoms with van der Waals surface area (Å²) in [6, 6.07) is 5.93. The van der Waals surface area contributed by atoms with Gasteiger partial charge in [0, 0.05) is 30.7 Å². The summed E-state index contributed by atoms with van der Waals surface area (Å²) in [5, 5.41) is 13.0. The first-order valence-electron chi connectivity index (χ1n) is 6.93. The van der Waals surface area contributed by atoms with Crippen LogP contribution >= 0.6 is 0 Å². The van der Waals surface area contributed by atoms with Crippen LogP contribution in [0, 0.1) is 5.41 Å². The van der Waals surface area contributed by atoms with Crippen molar-refractivity contribution in [2.24, 2.45) is 5.41 Å². The maximum absolute atomic E-state index is 9.54. The van der Waals surface area contributed by atoms with E-state index in [1.165, 1.54) is 0 Å². The number of hydrogen-bond donors (Lipinski definition) is 2. The highest BCUT2D eigenvalue weighted by atomic mass is 16.7. The van der Waals surface area contributed by atoms with Gasteiger partial charge in [0.2, 0.25) is 6.79 Å². The highest BCUT2D eigenvalue weighted by Crippen LogP contribution is 2.35. The number of nitrogens with one attached hydrogen (secondary N) is 1. The monoisotopic (exact) mass is 265 g/mol. The van der Waals surface area contributed by atoms with E-state index in [-0.39, 0.29) is 12.0 Å². The molecule has 0 radical (unpaired) electrons. The van der Waals surface area contributed by atoms with Gasteiger partial charge in [0.25, 0.3) is 0 Å². The van der Waals surface area contributed by atoms with Crippen molar-refractivity contribution in [2.75, 3.05) is 19.9 Å². The summed E-state index contributed by atoms with van der Waals surface area (Å²) in [6.07, 6.45) is 1.94. The van der Waals surface area contributed by atoms with Crippen molar-refractivity contribution >= 4 is 0 Å². The van der Waals surface area contributed by atoms with Crippen LogP contribution in [-0.2, 0) is 6.54 Å². The average molecular weight is 265 g/mol. The molecule has 1 aromatic carbocycles. The fourth-order valence-electron chi connectivity index (χ4n) is 2.37. The lowest BCUT2D eigenvalue weighted by Crippen LogP contribution is -2.36. The highest BCUT2D eigenvalue weighted by Gasteiger charge is 2.25. The fraction of sp³-hybridized carbons (Fsp3) is 0.600. The second-order valence-corrected chi connectivity index (χ2v) is 5.12. The minimum Gasteiger partial charge on any atom is -0.454 e. The lowest BCUT2D eigenvalue weighted by Gasteiger charge is -2.29. The van der Waals surface area contributed by atoms with Gasteiger partial charge in [-0.2, -0.15) is 0 Å². The Hall–Kier alpha value is -1.26. The SMILES string of the molecule is CCC(CC)(CO)CNCc1cccc2c1OCO2. The number of rotatable bonds is 7. The van der Waals surface area contributed by atoms with Gasteiger partial charge >= 0.3 is 0 Å². The number of hydrogen-bond acceptors (Lipinski definition) is 4. The second-order valence-electron chi connectivity index (χ2n) is 5.12. The zero-order valence-electron chi connectivity index (χ0n) is 11.7. The van der Waals surface area contributed by atoms with Crippen molar-refractivity contribution in [1.82, 2.24) is 5.32 Å². The van der Waals surface area contributed by atoms with Crippen LogP contribution in [-0.4, -0.2) is 25.1 Å². The average Bonchev–Trinajstić information content (AvgIpc) is 2.93. The number of ether oxygens (including phenoxy) is 2. The first kappa shape index (κ1) is 14.2. The van der Waals surface area contributed by atoms with Crippen molar-refractivity contribution in [3.05, 3.63) is 23.8 Å². The molecule has 19 heavy (non-hydrogen) atoms. The molecule has 0 unspecified atom stereocenters. The molecule has 1 aliphatic rings. The van der Waals surface area contributed by atoms with Gasteiger partial charge in [-0.25, -0.2) is 0 Å². The topological polar surface area (TPSA) is 50.7 Å². The van der Waals surface area contributed by atoms with Crippen molar-refractivity contribution in [2.45, 2.75) is 33.2 Å². The third kappa shape index (κ3) is 3.01. The molecular formula is C15H23NO3. The van der Waals surface area contributed by atoms with E-state index in [2.05, 4.69) is 19.2 Å². The standard InChI is InChI=1S/C15H23NO3/c1-3-15(4-2,10-17)9-16-8-12-6-5-7-13-14(12)19-11-18-13/h5-7,16-17H,3-4,8-11H2,1-2H3. The minimum absolute atomic E-state index is 0.0185. The largest absolute Gasteiger partial charge is 0.454 e. The zero-order chi connectivity index (χ0) is 13.7. The van der Waals surface area contributed by atoms with Crippen LogP contribution in [0.3, 0.4) is 0 Å². The summed E-state index contributed by atoms with van der Waals surface area (Å²) in [5.41, 5.74) is 1.09. The summed E-state index contributed by atoms with van der Waals surface area (Å²) in [7, 11) is 0. The summed E-state index contributed by atoms with van der Waals surface area (Å²) in [4.78, 5) is 0. The predicted octanol–water partition coefficient (Wildman–Crippen LogP) is 2.30. The summed E-state index contributed by atoms with van der Waals surface area (Å²) >= 11 is 0. The molecule has 1 aliphatic heterocycles. The molecule has 0 bridgehead atoms. The molecule has 0 fully saturated rings. The van der Waals surface area contributed by atoms with Gasteiger partial charge in [-0.1, -0.05) is 26.0 Å². The Morgan fingerprint density at radius 1 is 1.26 bits per heavy atom. The lowest BCUT2D eigenvalue weighted by molar-refractivity contribution is 0.113. The molecule has 0 spiro atoms. The Kier molecular flexibility index (Phi) is 4.66. The highest BCUT2D eigenvalue weighted by molar-refractivity contribution is 5.48. The fourth-order valence-corrected chi connectivity index (χ4v) is 2.37. The van der Waals surface area contributed by atoms with E-state index >= 15 is 0 Å².